The van der Waals surface area contributed by atoms with Crippen LogP contribution in [0.25, 0.3) is 10.7 Å². The second kappa shape index (κ2) is 9.41. The molecule has 0 radical (unpaired) electrons. The van der Waals surface area contributed by atoms with Crippen LogP contribution >= 0.6 is 23.1 Å². The third-order valence-electron chi connectivity index (χ3n) is 5.86. The van der Waals surface area contributed by atoms with Crippen LogP contribution in [0.4, 0.5) is 11.4 Å². The molecule has 0 saturated carbocycles. The molecule has 0 saturated heterocycles. The van der Waals surface area contributed by atoms with Crippen LogP contribution in [0.1, 0.15) is 35.8 Å². The lowest BCUT2D eigenvalue weighted by Crippen LogP contribution is -2.15. The maximum absolute atomic E-state index is 12.4. The van der Waals surface area contributed by atoms with E-state index in [1.807, 2.05) is 11.6 Å². The number of rotatable bonds is 7. The van der Waals surface area contributed by atoms with E-state index in [9.17, 15) is 14.9 Å². The number of aryl methyl sites for hydroxylation is 2. The molecule has 10 heteroatoms. The van der Waals surface area contributed by atoms with Crippen molar-refractivity contribution in [3.8, 4) is 10.7 Å². The number of thiophene rings is 1. The minimum atomic E-state index is -0.476. The molecule has 0 aliphatic heterocycles. The number of non-ortho nitro benzene ring substituents is 1. The van der Waals surface area contributed by atoms with Gasteiger partial charge in [-0.1, -0.05) is 31.2 Å². The highest BCUT2D eigenvalue weighted by Gasteiger charge is 2.22. The number of nitrogens with one attached hydrogen (secondary N) is 1. The van der Waals surface area contributed by atoms with Crippen LogP contribution in [0.2, 0.25) is 0 Å². The van der Waals surface area contributed by atoms with Gasteiger partial charge in [-0.05, 0) is 49.3 Å². The molecular formula is C22H25N5O3S2. The summed E-state index contributed by atoms with van der Waals surface area (Å²) in [5.74, 6) is 1.46. The summed E-state index contributed by atoms with van der Waals surface area (Å²) >= 11 is 3.09. The van der Waals surface area contributed by atoms with Crippen molar-refractivity contribution in [2.75, 3.05) is 11.1 Å². The molecule has 1 atom stereocenters. The molecule has 2 heterocycles. The Hall–Kier alpha value is -2.72. The first-order chi connectivity index (χ1) is 15.4. The van der Waals surface area contributed by atoms with E-state index in [0.717, 1.165) is 35.0 Å². The van der Waals surface area contributed by atoms with Crippen molar-refractivity contribution in [2.45, 2.75) is 44.7 Å². The number of aromatic nitrogens is 3. The molecule has 4 rings (SSSR count). The van der Waals surface area contributed by atoms with Crippen molar-refractivity contribution >= 4 is 40.4 Å². The molecule has 1 aliphatic carbocycles. The molecule has 168 valence electrons. The molecule has 1 unspecified atom stereocenters. The van der Waals surface area contributed by atoms with Gasteiger partial charge in [-0.15, -0.1) is 21.5 Å². The molecule has 1 amide bonds. The Labute approximate surface area is 194 Å². The van der Waals surface area contributed by atoms with Gasteiger partial charge >= 0.3 is 0 Å². The largest absolute Gasteiger partial charge is 0.325 e. The molecule has 2 aromatic heterocycles. The molecule has 1 aliphatic rings. The first kappa shape index (κ1) is 22.5. The summed E-state index contributed by atoms with van der Waals surface area (Å²) in [7, 11) is 1.91. The number of anilines is 1. The van der Waals surface area contributed by atoms with Crippen LogP contribution in [0, 0.1) is 23.0 Å². The van der Waals surface area contributed by atoms with E-state index < -0.39 is 4.92 Å². The number of hydrogen-bond acceptors (Lipinski definition) is 7. The zero-order valence-electron chi connectivity index (χ0n) is 18.3. The standard InChI is InChI=1S/C22H25N5O3S2/c1-4-14-6-8-18-15(9-14)10-19(32-18)21-24-25-22(26(21)3)31-12-20(28)23-17-11-16(27(29)30)7-5-13(17)2/h5,7,10-11,14H,4,6,8-9,12H2,1-3H3,(H,23,28). The topological polar surface area (TPSA) is 103 Å². The Morgan fingerprint density at radius 1 is 1.38 bits per heavy atom. The average molecular weight is 472 g/mol. The summed E-state index contributed by atoms with van der Waals surface area (Å²) in [4.78, 5) is 25.5. The van der Waals surface area contributed by atoms with E-state index in [1.165, 1.54) is 47.2 Å². The van der Waals surface area contributed by atoms with E-state index in [1.54, 1.807) is 24.3 Å². The lowest BCUT2D eigenvalue weighted by atomic mass is 9.87. The zero-order chi connectivity index (χ0) is 22.8. The minimum Gasteiger partial charge on any atom is -0.325 e. The summed E-state index contributed by atoms with van der Waals surface area (Å²) in [6.07, 6.45) is 4.74. The number of carbonyl (C=O) groups excluding carboxylic acids is 1. The van der Waals surface area contributed by atoms with Crippen molar-refractivity contribution < 1.29 is 9.72 Å². The molecule has 8 nitrogen and oxygen atoms in total. The van der Waals surface area contributed by atoms with E-state index in [4.69, 9.17) is 0 Å². The second-order valence-electron chi connectivity index (χ2n) is 8.03. The fourth-order valence-electron chi connectivity index (χ4n) is 3.89. The van der Waals surface area contributed by atoms with Gasteiger partial charge < -0.3 is 9.88 Å². The normalized spacial score (nSPS) is 15.4. The van der Waals surface area contributed by atoms with Crippen LogP contribution in [0.3, 0.4) is 0 Å². The van der Waals surface area contributed by atoms with Gasteiger partial charge in [0, 0.05) is 24.1 Å². The van der Waals surface area contributed by atoms with E-state index in [-0.39, 0.29) is 17.3 Å². The number of thioether (sulfide) groups is 1. The van der Waals surface area contributed by atoms with Crippen molar-refractivity contribution in [3.05, 3.63) is 50.4 Å². The highest BCUT2D eigenvalue weighted by atomic mass is 32.2. The molecule has 0 spiro atoms. The van der Waals surface area contributed by atoms with E-state index in [0.29, 0.717) is 10.8 Å². The van der Waals surface area contributed by atoms with Crippen molar-refractivity contribution in [3.63, 3.8) is 0 Å². The third-order valence-corrected chi connectivity index (χ3v) is 8.11. The number of nitro benzene ring substituents is 1. The Kier molecular flexibility index (Phi) is 6.61. The quantitative estimate of drug-likeness (QED) is 0.295. The van der Waals surface area contributed by atoms with Gasteiger partial charge in [0.05, 0.1) is 21.2 Å². The smallest absolute Gasteiger partial charge is 0.271 e. The number of amides is 1. The number of nitro groups is 1. The predicted molar refractivity (Wildman–Crippen MR) is 127 cm³/mol. The highest BCUT2D eigenvalue weighted by Crippen LogP contribution is 2.38. The van der Waals surface area contributed by atoms with Crippen molar-refractivity contribution in [1.29, 1.82) is 0 Å². The summed E-state index contributed by atoms with van der Waals surface area (Å²) in [6.45, 7) is 4.05. The summed E-state index contributed by atoms with van der Waals surface area (Å²) in [5.41, 5.74) is 2.59. The van der Waals surface area contributed by atoms with Gasteiger partial charge in [0.1, 0.15) is 0 Å². The Morgan fingerprint density at radius 2 is 2.19 bits per heavy atom. The lowest BCUT2D eigenvalue weighted by Gasteiger charge is -2.19. The summed E-state index contributed by atoms with van der Waals surface area (Å²) in [6, 6.07) is 6.67. The van der Waals surface area contributed by atoms with Gasteiger partial charge in [-0.3, -0.25) is 14.9 Å². The monoisotopic (exact) mass is 471 g/mol. The van der Waals surface area contributed by atoms with E-state index >= 15 is 0 Å². The molecular weight excluding hydrogens is 446 g/mol. The van der Waals surface area contributed by atoms with Gasteiger partial charge in [-0.25, -0.2) is 0 Å². The molecule has 3 aromatic rings. The number of hydrogen-bond donors (Lipinski definition) is 1. The van der Waals surface area contributed by atoms with Gasteiger partial charge in [0.25, 0.3) is 5.69 Å². The zero-order valence-corrected chi connectivity index (χ0v) is 19.9. The van der Waals surface area contributed by atoms with Crippen LogP contribution in [0.5, 0.6) is 0 Å². The first-order valence-electron chi connectivity index (χ1n) is 10.5. The third kappa shape index (κ3) is 4.71. The summed E-state index contributed by atoms with van der Waals surface area (Å²) in [5, 5.41) is 23.0. The number of fused-ring (bicyclic) bond motifs is 1. The summed E-state index contributed by atoms with van der Waals surface area (Å²) < 4.78 is 1.92. The SMILES string of the molecule is CCC1CCc2sc(-c3nnc(SCC(=O)Nc4cc([N+](=O)[O-])ccc4C)n3C)cc2C1. The van der Waals surface area contributed by atoms with Gasteiger partial charge in [-0.2, -0.15) is 0 Å². The molecule has 1 N–H and O–H groups in total. The van der Waals surface area contributed by atoms with Gasteiger partial charge in [0.15, 0.2) is 11.0 Å². The number of carbonyl (C=O) groups is 1. The van der Waals surface area contributed by atoms with Gasteiger partial charge in [0.2, 0.25) is 5.91 Å². The average Bonchev–Trinajstić information content (AvgIpc) is 3.35. The van der Waals surface area contributed by atoms with Crippen LogP contribution in [0.15, 0.2) is 29.4 Å². The van der Waals surface area contributed by atoms with Crippen LogP contribution < -0.4 is 5.32 Å². The Balaban J connectivity index is 1.42. The molecule has 1 aromatic carbocycles. The van der Waals surface area contributed by atoms with E-state index in [2.05, 4.69) is 28.5 Å². The van der Waals surface area contributed by atoms with Crippen molar-refractivity contribution in [2.24, 2.45) is 13.0 Å². The Bertz CT molecular complexity index is 1170. The predicted octanol–water partition coefficient (Wildman–Crippen LogP) is 5.01. The fourth-order valence-corrected chi connectivity index (χ4v) is 5.83. The highest BCUT2D eigenvalue weighted by molar-refractivity contribution is 7.99. The minimum absolute atomic E-state index is 0.0552. The maximum Gasteiger partial charge on any atom is 0.271 e. The van der Waals surface area contributed by atoms with Crippen LogP contribution in [-0.4, -0.2) is 31.3 Å². The number of nitrogens with zero attached hydrogens (tertiary/aromatic N) is 4. The molecule has 0 bridgehead atoms. The maximum atomic E-state index is 12.4. The van der Waals surface area contributed by atoms with Crippen LogP contribution in [-0.2, 0) is 24.7 Å². The fraction of sp³-hybridized carbons (Fsp3) is 0.409. The van der Waals surface area contributed by atoms with Crippen molar-refractivity contribution in [1.82, 2.24) is 14.8 Å². The Morgan fingerprint density at radius 3 is 2.94 bits per heavy atom. The molecule has 0 fully saturated rings. The lowest BCUT2D eigenvalue weighted by molar-refractivity contribution is -0.384. The molecule has 32 heavy (non-hydrogen) atoms. The first-order valence-corrected chi connectivity index (χ1v) is 12.3. The second-order valence-corrected chi connectivity index (χ2v) is 10.1. The number of benzene rings is 1.